The van der Waals surface area contributed by atoms with Gasteiger partial charge < -0.3 is 15.3 Å². The van der Waals surface area contributed by atoms with Crippen molar-refractivity contribution in [3.63, 3.8) is 0 Å². The van der Waals surface area contributed by atoms with Crippen LogP contribution >= 0.6 is 0 Å². The molecule has 2 amide bonds. The van der Waals surface area contributed by atoms with Crippen LogP contribution in [-0.2, 0) is 14.4 Å². The highest BCUT2D eigenvalue weighted by molar-refractivity contribution is 5.89. The summed E-state index contributed by atoms with van der Waals surface area (Å²) in [5.41, 5.74) is 0. The summed E-state index contributed by atoms with van der Waals surface area (Å²) >= 11 is 0. The summed E-state index contributed by atoms with van der Waals surface area (Å²) in [4.78, 5) is 36.0. The van der Waals surface area contributed by atoms with Crippen molar-refractivity contribution in [2.75, 3.05) is 13.1 Å². The smallest absolute Gasteiger partial charge is 0.303 e. The molecule has 2 heterocycles. The minimum Gasteiger partial charge on any atom is -0.481 e. The van der Waals surface area contributed by atoms with Crippen LogP contribution in [0.2, 0.25) is 0 Å². The second kappa shape index (κ2) is 6.04. The zero-order valence-corrected chi connectivity index (χ0v) is 10.9. The SMILES string of the molecule is O=C(O)CCC1CCCCN1C(=O)C1CNC(=O)C1. The van der Waals surface area contributed by atoms with Gasteiger partial charge in [0.2, 0.25) is 11.8 Å². The summed E-state index contributed by atoms with van der Waals surface area (Å²) in [5, 5.41) is 11.4. The second-order valence-electron chi connectivity index (χ2n) is 5.32. The van der Waals surface area contributed by atoms with E-state index in [1.807, 2.05) is 0 Å². The molecule has 19 heavy (non-hydrogen) atoms. The van der Waals surface area contributed by atoms with E-state index in [1.165, 1.54) is 0 Å². The molecule has 2 aliphatic rings. The highest BCUT2D eigenvalue weighted by Gasteiger charge is 2.35. The average Bonchev–Trinajstić information content (AvgIpc) is 2.82. The van der Waals surface area contributed by atoms with Gasteiger partial charge in [0.05, 0.1) is 5.92 Å². The fraction of sp³-hybridized carbons (Fsp3) is 0.769. The van der Waals surface area contributed by atoms with E-state index in [0.717, 1.165) is 19.3 Å². The van der Waals surface area contributed by atoms with Crippen LogP contribution in [0.1, 0.15) is 38.5 Å². The molecule has 2 unspecified atom stereocenters. The lowest BCUT2D eigenvalue weighted by atomic mass is 9.95. The van der Waals surface area contributed by atoms with Crippen LogP contribution in [0.5, 0.6) is 0 Å². The number of aliphatic carboxylic acids is 1. The number of hydrogen-bond acceptors (Lipinski definition) is 3. The van der Waals surface area contributed by atoms with E-state index in [1.54, 1.807) is 4.90 Å². The lowest BCUT2D eigenvalue weighted by Crippen LogP contribution is -2.47. The zero-order valence-electron chi connectivity index (χ0n) is 10.9. The molecule has 2 atom stereocenters. The monoisotopic (exact) mass is 268 g/mol. The fourth-order valence-electron chi connectivity index (χ4n) is 2.90. The number of carbonyl (C=O) groups excluding carboxylic acids is 2. The zero-order chi connectivity index (χ0) is 13.8. The summed E-state index contributed by atoms with van der Waals surface area (Å²) in [5.74, 6) is -1.15. The summed E-state index contributed by atoms with van der Waals surface area (Å²) in [7, 11) is 0. The van der Waals surface area contributed by atoms with Crippen LogP contribution in [0.3, 0.4) is 0 Å². The van der Waals surface area contributed by atoms with Crippen LogP contribution in [0.4, 0.5) is 0 Å². The molecule has 2 saturated heterocycles. The molecule has 0 aromatic rings. The Balaban J connectivity index is 1.96. The minimum absolute atomic E-state index is 0.00781. The van der Waals surface area contributed by atoms with Gasteiger partial charge >= 0.3 is 5.97 Å². The third kappa shape index (κ3) is 3.45. The van der Waals surface area contributed by atoms with Gasteiger partial charge in [0.25, 0.3) is 0 Å². The van der Waals surface area contributed by atoms with Crippen LogP contribution in [-0.4, -0.2) is 46.9 Å². The van der Waals surface area contributed by atoms with Crippen molar-refractivity contribution in [1.82, 2.24) is 10.2 Å². The van der Waals surface area contributed by atoms with E-state index in [4.69, 9.17) is 5.11 Å². The van der Waals surface area contributed by atoms with Crippen molar-refractivity contribution in [1.29, 1.82) is 0 Å². The molecule has 2 aliphatic heterocycles. The Labute approximate surface area is 112 Å². The normalized spacial score (nSPS) is 27.2. The number of carboxylic acid groups (broad SMARTS) is 1. The predicted molar refractivity (Wildman–Crippen MR) is 67.3 cm³/mol. The fourth-order valence-corrected chi connectivity index (χ4v) is 2.90. The van der Waals surface area contributed by atoms with E-state index in [0.29, 0.717) is 19.5 Å². The molecule has 0 saturated carbocycles. The molecule has 0 bridgehead atoms. The standard InChI is InChI=1S/C13H20N2O4/c16-11-7-9(8-14-11)13(19)15-6-2-1-3-10(15)4-5-12(17)18/h9-10H,1-8H2,(H,14,16)(H,17,18). The number of carboxylic acids is 1. The topological polar surface area (TPSA) is 86.7 Å². The van der Waals surface area contributed by atoms with Gasteiger partial charge in [0, 0.05) is 32.0 Å². The first kappa shape index (κ1) is 13.8. The van der Waals surface area contributed by atoms with Crippen LogP contribution in [0.15, 0.2) is 0 Å². The third-order valence-corrected chi connectivity index (χ3v) is 3.93. The van der Waals surface area contributed by atoms with Crippen molar-refractivity contribution in [3.05, 3.63) is 0 Å². The van der Waals surface area contributed by atoms with Crippen LogP contribution in [0.25, 0.3) is 0 Å². The van der Waals surface area contributed by atoms with Crippen molar-refractivity contribution in [2.24, 2.45) is 5.92 Å². The molecule has 0 aromatic carbocycles. The van der Waals surface area contributed by atoms with E-state index in [9.17, 15) is 14.4 Å². The summed E-state index contributed by atoms with van der Waals surface area (Å²) in [6.45, 7) is 1.10. The molecule has 106 valence electrons. The summed E-state index contributed by atoms with van der Waals surface area (Å²) in [6, 6.07) is 0.0213. The van der Waals surface area contributed by atoms with Crippen LogP contribution < -0.4 is 5.32 Å². The Hall–Kier alpha value is -1.59. The van der Waals surface area contributed by atoms with Crippen molar-refractivity contribution < 1.29 is 19.5 Å². The van der Waals surface area contributed by atoms with Crippen molar-refractivity contribution >= 4 is 17.8 Å². The Kier molecular flexibility index (Phi) is 4.39. The van der Waals surface area contributed by atoms with E-state index in [2.05, 4.69) is 5.32 Å². The molecular formula is C13H20N2O4. The molecule has 6 heteroatoms. The lowest BCUT2D eigenvalue weighted by Gasteiger charge is -2.37. The van der Waals surface area contributed by atoms with E-state index < -0.39 is 5.97 Å². The quantitative estimate of drug-likeness (QED) is 0.771. The number of piperidine rings is 1. The number of rotatable bonds is 4. The Morgan fingerprint density at radius 3 is 2.79 bits per heavy atom. The van der Waals surface area contributed by atoms with Gasteiger partial charge in [-0.1, -0.05) is 0 Å². The Bertz CT molecular complexity index is 383. The number of nitrogens with zero attached hydrogens (tertiary/aromatic N) is 1. The average molecular weight is 268 g/mol. The van der Waals surface area contributed by atoms with Crippen molar-refractivity contribution in [2.45, 2.75) is 44.6 Å². The maximum Gasteiger partial charge on any atom is 0.303 e. The van der Waals surface area contributed by atoms with E-state index in [-0.39, 0.29) is 36.6 Å². The number of hydrogen-bond donors (Lipinski definition) is 2. The Morgan fingerprint density at radius 2 is 2.16 bits per heavy atom. The summed E-state index contributed by atoms with van der Waals surface area (Å²) in [6.07, 6.45) is 3.74. The van der Waals surface area contributed by atoms with Gasteiger partial charge in [-0.2, -0.15) is 0 Å². The van der Waals surface area contributed by atoms with Gasteiger partial charge in [-0.05, 0) is 25.7 Å². The predicted octanol–water partition coefficient (Wildman–Crippen LogP) is 0.368. The molecular weight excluding hydrogens is 248 g/mol. The van der Waals surface area contributed by atoms with Crippen molar-refractivity contribution in [3.8, 4) is 0 Å². The van der Waals surface area contributed by atoms with Gasteiger partial charge in [-0.25, -0.2) is 0 Å². The minimum atomic E-state index is -0.823. The molecule has 0 aliphatic carbocycles. The first-order valence-electron chi connectivity index (χ1n) is 6.87. The largest absolute Gasteiger partial charge is 0.481 e. The number of nitrogens with one attached hydrogen (secondary N) is 1. The first-order chi connectivity index (χ1) is 9.08. The highest BCUT2D eigenvalue weighted by atomic mass is 16.4. The molecule has 0 spiro atoms. The molecule has 2 N–H and O–H groups in total. The van der Waals surface area contributed by atoms with Gasteiger partial charge in [-0.15, -0.1) is 0 Å². The maximum absolute atomic E-state index is 12.4. The molecule has 0 radical (unpaired) electrons. The first-order valence-corrected chi connectivity index (χ1v) is 6.87. The second-order valence-corrected chi connectivity index (χ2v) is 5.32. The lowest BCUT2D eigenvalue weighted by molar-refractivity contribution is -0.142. The number of amides is 2. The number of likely N-dealkylation sites (tertiary alicyclic amines) is 1. The molecule has 6 nitrogen and oxygen atoms in total. The van der Waals surface area contributed by atoms with Gasteiger partial charge in [-0.3, -0.25) is 14.4 Å². The number of carbonyl (C=O) groups is 3. The highest BCUT2D eigenvalue weighted by Crippen LogP contribution is 2.24. The van der Waals surface area contributed by atoms with Gasteiger partial charge in [0.1, 0.15) is 0 Å². The van der Waals surface area contributed by atoms with Gasteiger partial charge in [0.15, 0.2) is 0 Å². The maximum atomic E-state index is 12.4. The van der Waals surface area contributed by atoms with E-state index >= 15 is 0 Å². The molecule has 2 fully saturated rings. The van der Waals surface area contributed by atoms with Crippen LogP contribution in [0, 0.1) is 5.92 Å². The molecule has 2 rings (SSSR count). The molecule has 0 aromatic heterocycles. The summed E-state index contributed by atoms with van der Waals surface area (Å²) < 4.78 is 0. The Morgan fingerprint density at radius 1 is 1.37 bits per heavy atom. The third-order valence-electron chi connectivity index (χ3n) is 3.93.